The first-order valence-corrected chi connectivity index (χ1v) is 11.2. The fourth-order valence-electron chi connectivity index (χ4n) is 7.89. The van der Waals surface area contributed by atoms with Crippen LogP contribution in [-0.2, 0) is 19.1 Å². The Hall–Kier alpha value is -1.10. The van der Waals surface area contributed by atoms with Crippen LogP contribution in [0.1, 0.15) is 79.1 Å². The van der Waals surface area contributed by atoms with Gasteiger partial charge in [-0.25, -0.2) is 0 Å². The topological polar surface area (TPSA) is 72.8 Å². The minimum atomic E-state index is -0.335. The second-order valence-corrected chi connectivity index (χ2v) is 10.5. The number of carbonyl (C=O) groups excluding carboxylic acids is 2. The first kappa shape index (κ1) is 20.2. The molecule has 0 radical (unpaired) electrons. The Morgan fingerprint density at radius 1 is 0.857 bits per heavy atom. The van der Waals surface area contributed by atoms with Crippen LogP contribution in [0.15, 0.2) is 0 Å². The van der Waals surface area contributed by atoms with E-state index in [2.05, 4.69) is 13.8 Å². The molecule has 9 atom stereocenters. The van der Waals surface area contributed by atoms with Gasteiger partial charge in [-0.15, -0.1) is 0 Å². The molecule has 0 unspecified atom stereocenters. The highest BCUT2D eigenvalue weighted by Crippen LogP contribution is 2.66. The lowest BCUT2D eigenvalue weighted by Gasteiger charge is -2.60. The van der Waals surface area contributed by atoms with E-state index in [-0.39, 0.29) is 35.7 Å². The van der Waals surface area contributed by atoms with Gasteiger partial charge in [-0.05, 0) is 80.5 Å². The molecule has 5 heteroatoms. The lowest BCUT2D eigenvalue weighted by Crippen LogP contribution is -2.54. The van der Waals surface area contributed by atoms with Crippen LogP contribution in [0, 0.1) is 34.5 Å². The maximum Gasteiger partial charge on any atom is 0.303 e. The third-order valence-corrected chi connectivity index (χ3v) is 9.16. The highest BCUT2D eigenvalue weighted by Gasteiger charge is 2.64. The third-order valence-electron chi connectivity index (χ3n) is 9.16. The van der Waals surface area contributed by atoms with Crippen LogP contribution in [0.2, 0.25) is 0 Å². The molecule has 4 rings (SSSR count). The highest BCUT2D eigenvalue weighted by molar-refractivity contribution is 5.67. The zero-order valence-corrected chi connectivity index (χ0v) is 17.8. The van der Waals surface area contributed by atoms with E-state index in [0.717, 1.165) is 38.5 Å². The van der Waals surface area contributed by atoms with E-state index in [1.807, 2.05) is 0 Å². The second-order valence-electron chi connectivity index (χ2n) is 10.5. The molecular formula is C23H36O5. The first-order chi connectivity index (χ1) is 13.1. The molecule has 0 saturated heterocycles. The molecule has 0 aromatic rings. The van der Waals surface area contributed by atoms with Crippen molar-refractivity contribution >= 4 is 11.9 Å². The number of rotatable bonds is 2. The molecule has 4 fully saturated rings. The number of ether oxygens (including phenoxy) is 2. The van der Waals surface area contributed by atoms with Crippen LogP contribution >= 0.6 is 0 Å². The van der Waals surface area contributed by atoms with Crippen LogP contribution in [-0.4, -0.2) is 35.4 Å². The molecule has 4 aliphatic rings. The van der Waals surface area contributed by atoms with Crippen molar-refractivity contribution in [2.75, 3.05) is 0 Å². The Labute approximate surface area is 168 Å². The van der Waals surface area contributed by atoms with Crippen LogP contribution in [0.4, 0.5) is 0 Å². The van der Waals surface area contributed by atoms with Gasteiger partial charge in [-0.2, -0.15) is 0 Å². The number of hydrogen-bond donors (Lipinski definition) is 1. The summed E-state index contributed by atoms with van der Waals surface area (Å²) in [5.74, 6) is 1.71. The summed E-state index contributed by atoms with van der Waals surface area (Å²) in [6.07, 6.45) is 7.52. The van der Waals surface area contributed by atoms with Gasteiger partial charge in [0.05, 0.1) is 6.10 Å². The zero-order chi connectivity index (χ0) is 20.3. The largest absolute Gasteiger partial charge is 0.459 e. The Morgan fingerprint density at radius 2 is 1.54 bits per heavy atom. The summed E-state index contributed by atoms with van der Waals surface area (Å²) >= 11 is 0. The smallest absolute Gasteiger partial charge is 0.303 e. The average molecular weight is 393 g/mol. The molecule has 0 aromatic carbocycles. The Kier molecular flexibility index (Phi) is 5.05. The van der Waals surface area contributed by atoms with E-state index < -0.39 is 0 Å². The van der Waals surface area contributed by atoms with E-state index in [4.69, 9.17) is 9.47 Å². The molecule has 28 heavy (non-hydrogen) atoms. The highest BCUT2D eigenvalue weighted by atomic mass is 16.6. The fourth-order valence-corrected chi connectivity index (χ4v) is 7.89. The predicted octanol–water partition coefficient (Wildman–Crippen LogP) is 3.86. The lowest BCUT2D eigenvalue weighted by molar-refractivity contribution is -0.175. The van der Waals surface area contributed by atoms with E-state index in [0.29, 0.717) is 29.1 Å². The van der Waals surface area contributed by atoms with Crippen molar-refractivity contribution in [2.45, 2.75) is 97.4 Å². The normalized spacial score (nSPS) is 50.1. The minimum Gasteiger partial charge on any atom is -0.459 e. The summed E-state index contributed by atoms with van der Waals surface area (Å²) in [4.78, 5) is 23.5. The second kappa shape index (κ2) is 7.00. The van der Waals surface area contributed by atoms with E-state index in [1.54, 1.807) is 0 Å². The van der Waals surface area contributed by atoms with E-state index in [1.165, 1.54) is 26.7 Å². The number of aliphatic hydroxyl groups is 1. The molecule has 1 N–H and O–H groups in total. The average Bonchev–Trinajstić information content (AvgIpc) is 2.87. The molecule has 4 aliphatic carbocycles. The van der Waals surface area contributed by atoms with Crippen LogP contribution in [0.25, 0.3) is 0 Å². The summed E-state index contributed by atoms with van der Waals surface area (Å²) in [5, 5.41) is 10.2. The van der Waals surface area contributed by atoms with E-state index >= 15 is 0 Å². The molecule has 0 aromatic heterocycles. The van der Waals surface area contributed by atoms with Gasteiger partial charge in [-0.1, -0.05) is 13.8 Å². The maximum atomic E-state index is 11.8. The zero-order valence-electron chi connectivity index (χ0n) is 17.8. The SMILES string of the molecule is CC(=O)O[C@H]1C[C@H]2[C@@H]3CC[C@H]4C[C@@H](O)CC[C@]4(C)[C@H]3CC[C@]2(C)[C@H]1OC(C)=O. The van der Waals surface area contributed by atoms with Crippen LogP contribution < -0.4 is 0 Å². The molecular weight excluding hydrogens is 356 g/mol. The van der Waals surface area contributed by atoms with Gasteiger partial charge in [-0.3, -0.25) is 9.59 Å². The van der Waals surface area contributed by atoms with Gasteiger partial charge in [0.15, 0.2) is 0 Å². The Bertz CT molecular complexity index is 647. The Balaban J connectivity index is 1.62. The summed E-state index contributed by atoms with van der Waals surface area (Å²) in [6, 6.07) is 0. The van der Waals surface area contributed by atoms with Crippen molar-refractivity contribution in [2.24, 2.45) is 34.5 Å². The van der Waals surface area contributed by atoms with Crippen molar-refractivity contribution < 1.29 is 24.2 Å². The third kappa shape index (κ3) is 3.09. The van der Waals surface area contributed by atoms with Gasteiger partial charge in [0.25, 0.3) is 0 Å². The van der Waals surface area contributed by atoms with Gasteiger partial charge in [0.2, 0.25) is 0 Å². The number of carbonyl (C=O) groups is 2. The van der Waals surface area contributed by atoms with Gasteiger partial charge < -0.3 is 14.6 Å². The molecule has 0 spiro atoms. The first-order valence-electron chi connectivity index (χ1n) is 11.2. The molecule has 0 heterocycles. The standard InChI is InChI=1S/C23H36O5/c1-13(24)27-20-12-19-17-6-5-15-11-16(26)7-9-22(15,3)18(17)8-10-23(19,4)21(20)28-14(2)25/h15-21,26H,5-12H2,1-4H3/t15-,16-,17+,18-,19-,20-,21-,22-,23-/m0/s1. The summed E-state index contributed by atoms with van der Waals surface area (Å²) < 4.78 is 11.4. The van der Waals surface area contributed by atoms with Crippen LogP contribution in [0.3, 0.4) is 0 Å². The quantitative estimate of drug-likeness (QED) is 0.723. The van der Waals surface area contributed by atoms with Crippen molar-refractivity contribution in [3.63, 3.8) is 0 Å². The van der Waals surface area contributed by atoms with Crippen LogP contribution in [0.5, 0.6) is 0 Å². The number of aliphatic hydroxyl groups excluding tert-OH is 1. The molecule has 0 amide bonds. The molecule has 4 saturated carbocycles. The number of esters is 2. The summed E-state index contributed by atoms with van der Waals surface area (Å²) in [6.45, 7) is 7.61. The van der Waals surface area contributed by atoms with Gasteiger partial charge >= 0.3 is 11.9 Å². The van der Waals surface area contributed by atoms with Crippen molar-refractivity contribution in [1.82, 2.24) is 0 Å². The predicted molar refractivity (Wildman–Crippen MR) is 104 cm³/mol. The van der Waals surface area contributed by atoms with Gasteiger partial charge in [0, 0.05) is 19.3 Å². The van der Waals surface area contributed by atoms with Gasteiger partial charge in [0.1, 0.15) is 12.2 Å². The maximum absolute atomic E-state index is 11.8. The van der Waals surface area contributed by atoms with Crippen molar-refractivity contribution in [3.8, 4) is 0 Å². The molecule has 0 aliphatic heterocycles. The fraction of sp³-hybridized carbons (Fsp3) is 0.913. The minimum absolute atomic E-state index is 0.121. The summed E-state index contributed by atoms with van der Waals surface area (Å²) in [5.41, 5.74) is 0.185. The summed E-state index contributed by atoms with van der Waals surface area (Å²) in [7, 11) is 0. The van der Waals surface area contributed by atoms with E-state index in [9.17, 15) is 14.7 Å². The molecule has 0 bridgehead atoms. The van der Waals surface area contributed by atoms with Crippen molar-refractivity contribution in [1.29, 1.82) is 0 Å². The Morgan fingerprint density at radius 3 is 2.21 bits per heavy atom. The lowest BCUT2D eigenvalue weighted by atomic mass is 9.45. The van der Waals surface area contributed by atoms with Crippen molar-refractivity contribution in [3.05, 3.63) is 0 Å². The molecule has 5 nitrogen and oxygen atoms in total. The number of hydrogen-bond acceptors (Lipinski definition) is 5. The molecule has 158 valence electrons. The monoisotopic (exact) mass is 392 g/mol. The number of fused-ring (bicyclic) bond motifs is 5.